The summed E-state index contributed by atoms with van der Waals surface area (Å²) in [6, 6.07) is 15.2. The van der Waals surface area contributed by atoms with Crippen LogP contribution < -0.4 is 14.8 Å². The topological polar surface area (TPSA) is 65.4 Å². The highest BCUT2D eigenvalue weighted by molar-refractivity contribution is 5.91. The fourth-order valence-corrected chi connectivity index (χ4v) is 2.53. The van der Waals surface area contributed by atoms with Gasteiger partial charge in [0.05, 0.1) is 19.9 Å². The lowest BCUT2D eigenvalue weighted by Gasteiger charge is -2.06. The Kier molecular flexibility index (Phi) is 5.89. The molecule has 0 radical (unpaired) electrons. The van der Waals surface area contributed by atoms with Gasteiger partial charge in [0.2, 0.25) is 5.91 Å². The zero-order valence-electron chi connectivity index (χ0n) is 15.3. The smallest absolute Gasteiger partial charge is 0.244 e. The van der Waals surface area contributed by atoms with Gasteiger partial charge in [0, 0.05) is 31.1 Å². The Morgan fingerprint density at radius 1 is 1.11 bits per heavy atom. The Labute approximate surface area is 158 Å². The van der Waals surface area contributed by atoms with Crippen LogP contribution in [0.5, 0.6) is 11.5 Å². The highest BCUT2D eigenvalue weighted by atomic mass is 16.5. The summed E-state index contributed by atoms with van der Waals surface area (Å²) >= 11 is 0. The van der Waals surface area contributed by atoms with Crippen LogP contribution in [0.15, 0.2) is 67.0 Å². The van der Waals surface area contributed by atoms with E-state index in [-0.39, 0.29) is 5.91 Å². The van der Waals surface area contributed by atoms with E-state index in [1.54, 1.807) is 37.2 Å². The van der Waals surface area contributed by atoms with Gasteiger partial charge in [-0.15, -0.1) is 0 Å². The van der Waals surface area contributed by atoms with Crippen LogP contribution in [0.4, 0.5) is 0 Å². The molecule has 0 aliphatic heterocycles. The van der Waals surface area contributed by atoms with E-state index in [2.05, 4.69) is 10.4 Å². The van der Waals surface area contributed by atoms with Crippen LogP contribution in [-0.2, 0) is 11.3 Å². The number of carbonyl (C=O) groups excluding carboxylic acids is 1. The van der Waals surface area contributed by atoms with Crippen molar-refractivity contribution in [2.24, 2.45) is 0 Å². The standard InChI is InChI=1S/C21H21N3O3/c1-26-19-12-17(13-20(14-19)27-2)6-9-21(25)22-15-16-4-7-18(8-5-16)24-11-3-10-23-24/h3-14H,15H2,1-2H3,(H,22,25)/b9-6+. The van der Waals surface area contributed by atoms with Crippen molar-refractivity contribution in [3.8, 4) is 17.2 Å². The SMILES string of the molecule is COc1cc(/C=C/C(=O)NCc2ccc(-n3cccn3)cc2)cc(OC)c1. The molecule has 6 nitrogen and oxygen atoms in total. The fraction of sp³-hybridized carbons (Fsp3) is 0.143. The first-order valence-corrected chi connectivity index (χ1v) is 8.46. The van der Waals surface area contributed by atoms with Gasteiger partial charge >= 0.3 is 0 Å². The first kappa shape index (κ1) is 18.3. The molecule has 27 heavy (non-hydrogen) atoms. The molecule has 0 bridgehead atoms. The average Bonchev–Trinajstić information content (AvgIpc) is 3.25. The third-order valence-electron chi connectivity index (χ3n) is 3.97. The zero-order valence-corrected chi connectivity index (χ0v) is 15.3. The van der Waals surface area contributed by atoms with Crippen molar-refractivity contribution >= 4 is 12.0 Å². The van der Waals surface area contributed by atoms with E-state index in [0.717, 1.165) is 16.8 Å². The molecule has 0 spiro atoms. The molecule has 1 aromatic heterocycles. The molecule has 138 valence electrons. The summed E-state index contributed by atoms with van der Waals surface area (Å²) in [5.74, 6) is 1.17. The molecule has 1 amide bonds. The summed E-state index contributed by atoms with van der Waals surface area (Å²) in [5, 5.41) is 7.06. The Hall–Kier alpha value is -3.54. The minimum absolute atomic E-state index is 0.173. The minimum Gasteiger partial charge on any atom is -0.497 e. The van der Waals surface area contributed by atoms with Crippen molar-refractivity contribution in [3.63, 3.8) is 0 Å². The lowest BCUT2D eigenvalue weighted by molar-refractivity contribution is -0.116. The van der Waals surface area contributed by atoms with Crippen LogP contribution in [0.1, 0.15) is 11.1 Å². The molecule has 0 fully saturated rings. The summed E-state index contributed by atoms with van der Waals surface area (Å²) in [5.41, 5.74) is 2.81. The Bertz CT molecular complexity index is 894. The monoisotopic (exact) mass is 363 g/mol. The van der Waals surface area contributed by atoms with Crippen molar-refractivity contribution in [3.05, 3.63) is 78.1 Å². The van der Waals surface area contributed by atoms with Crippen LogP contribution in [-0.4, -0.2) is 29.9 Å². The van der Waals surface area contributed by atoms with Crippen LogP contribution in [0.3, 0.4) is 0 Å². The minimum atomic E-state index is -0.173. The Morgan fingerprint density at radius 2 is 1.81 bits per heavy atom. The summed E-state index contributed by atoms with van der Waals surface area (Å²) in [6.07, 6.45) is 6.83. The van der Waals surface area contributed by atoms with E-state index in [1.165, 1.54) is 6.08 Å². The number of nitrogens with one attached hydrogen (secondary N) is 1. The summed E-state index contributed by atoms with van der Waals surface area (Å²) in [7, 11) is 3.18. The number of hydrogen-bond acceptors (Lipinski definition) is 4. The predicted octanol–water partition coefficient (Wildman–Crippen LogP) is 3.22. The van der Waals surface area contributed by atoms with E-state index in [1.807, 2.05) is 48.7 Å². The Morgan fingerprint density at radius 3 is 2.41 bits per heavy atom. The Balaban J connectivity index is 1.57. The van der Waals surface area contributed by atoms with Gasteiger partial charge in [-0.25, -0.2) is 4.68 Å². The van der Waals surface area contributed by atoms with Crippen molar-refractivity contribution in [1.82, 2.24) is 15.1 Å². The number of ether oxygens (including phenoxy) is 2. The maximum absolute atomic E-state index is 12.1. The molecule has 3 rings (SSSR count). The van der Waals surface area contributed by atoms with Crippen molar-refractivity contribution in [1.29, 1.82) is 0 Å². The normalized spacial score (nSPS) is 10.7. The molecule has 0 saturated heterocycles. The first-order valence-electron chi connectivity index (χ1n) is 8.46. The molecule has 0 atom stereocenters. The molecular weight excluding hydrogens is 342 g/mol. The maximum Gasteiger partial charge on any atom is 0.244 e. The molecule has 2 aromatic carbocycles. The lowest BCUT2D eigenvalue weighted by Crippen LogP contribution is -2.20. The van der Waals surface area contributed by atoms with Crippen LogP contribution in [0.25, 0.3) is 11.8 Å². The summed E-state index contributed by atoms with van der Waals surface area (Å²) in [4.78, 5) is 12.1. The average molecular weight is 363 g/mol. The van der Waals surface area contributed by atoms with Crippen molar-refractivity contribution in [2.45, 2.75) is 6.54 Å². The van der Waals surface area contributed by atoms with Gasteiger partial charge in [-0.2, -0.15) is 5.10 Å². The number of rotatable bonds is 7. The van der Waals surface area contributed by atoms with E-state index in [4.69, 9.17) is 9.47 Å². The predicted molar refractivity (Wildman–Crippen MR) is 104 cm³/mol. The van der Waals surface area contributed by atoms with Gasteiger partial charge in [-0.1, -0.05) is 12.1 Å². The molecule has 0 unspecified atom stereocenters. The molecule has 6 heteroatoms. The van der Waals surface area contributed by atoms with Crippen molar-refractivity contribution < 1.29 is 14.3 Å². The number of carbonyl (C=O) groups is 1. The van der Waals surface area contributed by atoms with Gasteiger partial charge < -0.3 is 14.8 Å². The largest absolute Gasteiger partial charge is 0.497 e. The number of aromatic nitrogens is 2. The van der Waals surface area contributed by atoms with Crippen LogP contribution in [0, 0.1) is 0 Å². The second kappa shape index (κ2) is 8.71. The quantitative estimate of drug-likeness (QED) is 0.655. The molecule has 3 aromatic rings. The van der Waals surface area contributed by atoms with E-state index in [0.29, 0.717) is 18.0 Å². The highest BCUT2D eigenvalue weighted by Gasteiger charge is 2.02. The third-order valence-corrected chi connectivity index (χ3v) is 3.97. The van der Waals surface area contributed by atoms with Gasteiger partial charge in [0.15, 0.2) is 0 Å². The number of methoxy groups -OCH3 is 2. The van der Waals surface area contributed by atoms with Gasteiger partial charge in [-0.3, -0.25) is 4.79 Å². The summed E-state index contributed by atoms with van der Waals surface area (Å²) in [6.45, 7) is 0.448. The zero-order chi connectivity index (χ0) is 19.1. The van der Waals surface area contributed by atoms with E-state index < -0.39 is 0 Å². The molecule has 1 heterocycles. The van der Waals surface area contributed by atoms with E-state index in [9.17, 15) is 4.79 Å². The van der Waals surface area contributed by atoms with Crippen LogP contribution >= 0.6 is 0 Å². The number of benzene rings is 2. The third kappa shape index (κ3) is 4.98. The van der Waals surface area contributed by atoms with Crippen LogP contribution in [0.2, 0.25) is 0 Å². The van der Waals surface area contributed by atoms with Gasteiger partial charge in [-0.05, 0) is 47.5 Å². The number of hydrogen-bond donors (Lipinski definition) is 1. The van der Waals surface area contributed by atoms with E-state index >= 15 is 0 Å². The number of nitrogens with zero attached hydrogens (tertiary/aromatic N) is 2. The molecule has 0 saturated carbocycles. The second-order valence-corrected chi connectivity index (χ2v) is 5.81. The van der Waals surface area contributed by atoms with Gasteiger partial charge in [0.1, 0.15) is 11.5 Å². The lowest BCUT2D eigenvalue weighted by atomic mass is 10.2. The first-order chi connectivity index (χ1) is 13.2. The van der Waals surface area contributed by atoms with Gasteiger partial charge in [0.25, 0.3) is 0 Å². The molecule has 0 aliphatic carbocycles. The molecule has 0 aliphatic rings. The number of amides is 1. The molecule has 1 N–H and O–H groups in total. The van der Waals surface area contributed by atoms with Crippen molar-refractivity contribution in [2.75, 3.05) is 14.2 Å². The maximum atomic E-state index is 12.1. The molecular formula is C21H21N3O3. The second-order valence-electron chi connectivity index (χ2n) is 5.81. The fourth-order valence-electron chi connectivity index (χ4n) is 2.53. The highest BCUT2D eigenvalue weighted by Crippen LogP contribution is 2.23. The summed E-state index contributed by atoms with van der Waals surface area (Å²) < 4.78 is 12.2.